The molecule has 4 heteroatoms. The fourth-order valence-corrected chi connectivity index (χ4v) is 2.86. The molecular formula is C17H27N3O. The van der Waals surface area contributed by atoms with E-state index in [1.165, 1.54) is 31.5 Å². The van der Waals surface area contributed by atoms with Crippen LogP contribution in [-0.4, -0.2) is 30.6 Å². The molecule has 2 N–H and O–H groups in total. The van der Waals surface area contributed by atoms with Crippen LogP contribution in [0.15, 0.2) is 24.3 Å². The van der Waals surface area contributed by atoms with E-state index in [9.17, 15) is 4.79 Å². The van der Waals surface area contributed by atoms with E-state index in [4.69, 9.17) is 0 Å². The van der Waals surface area contributed by atoms with Gasteiger partial charge in [0.2, 0.25) is 0 Å². The van der Waals surface area contributed by atoms with E-state index in [-0.39, 0.29) is 6.03 Å². The van der Waals surface area contributed by atoms with Gasteiger partial charge < -0.3 is 10.6 Å². The summed E-state index contributed by atoms with van der Waals surface area (Å²) in [5.74, 6) is 0.819. The lowest BCUT2D eigenvalue weighted by molar-refractivity contribution is 0.176. The second-order valence-electron chi connectivity index (χ2n) is 6.01. The Bertz CT molecular complexity index is 444. The Hall–Kier alpha value is -1.55. The van der Waals surface area contributed by atoms with Crippen LogP contribution in [0.5, 0.6) is 0 Å². The number of hydrogen-bond acceptors (Lipinski definition) is 2. The minimum absolute atomic E-state index is 0.108. The third kappa shape index (κ3) is 5.38. The normalized spacial score (nSPS) is 19.2. The van der Waals surface area contributed by atoms with Crippen molar-refractivity contribution < 1.29 is 4.79 Å². The molecule has 0 radical (unpaired) electrons. The van der Waals surface area contributed by atoms with E-state index in [0.29, 0.717) is 13.1 Å². The van der Waals surface area contributed by atoms with E-state index in [0.717, 1.165) is 18.0 Å². The highest BCUT2D eigenvalue weighted by Crippen LogP contribution is 2.18. The Kier molecular flexibility index (Phi) is 6.05. The predicted molar refractivity (Wildman–Crippen MR) is 86.0 cm³/mol. The van der Waals surface area contributed by atoms with E-state index in [1.807, 2.05) is 6.92 Å². The van der Waals surface area contributed by atoms with Crippen LogP contribution in [0.4, 0.5) is 4.79 Å². The van der Waals surface area contributed by atoms with Crippen molar-refractivity contribution in [1.82, 2.24) is 15.5 Å². The maximum atomic E-state index is 11.3. The third-order valence-corrected chi connectivity index (χ3v) is 3.96. The van der Waals surface area contributed by atoms with E-state index < -0.39 is 0 Å². The fraction of sp³-hybridized carbons (Fsp3) is 0.588. The highest BCUT2D eigenvalue weighted by molar-refractivity contribution is 5.73. The Morgan fingerprint density at radius 1 is 1.24 bits per heavy atom. The van der Waals surface area contributed by atoms with Crippen LogP contribution in [0, 0.1) is 5.92 Å². The monoisotopic (exact) mass is 289 g/mol. The molecule has 0 aromatic heterocycles. The molecular weight excluding hydrogens is 262 g/mol. The van der Waals surface area contributed by atoms with Crippen LogP contribution >= 0.6 is 0 Å². The lowest BCUT2D eigenvalue weighted by Gasteiger charge is -2.30. The first kappa shape index (κ1) is 15.8. The molecule has 1 aromatic carbocycles. The van der Waals surface area contributed by atoms with Crippen molar-refractivity contribution in [2.75, 3.05) is 19.6 Å². The van der Waals surface area contributed by atoms with Gasteiger partial charge in [-0.3, -0.25) is 4.90 Å². The molecule has 116 valence electrons. The smallest absolute Gasteiger partial charge is 0.315 e. The van der Waals surface area contributed by atoms with Crippen LogP contribution in [0.1, 0.15) is 37.8 Å². The minimum Gasteiger partial charge on any atom is -0.338 e. The van der Waals surface area contributed by atoms with Gasteiger partial charge in [0.05, 0.1) is 0 Å². The topological polar surface area (TPSA) is 44.4 Å². The van der Waals surface area contributed by atoms with Gasteiger partial charge in [-0.05, 0) is 43.4 Å². The van der Waals surface area contributed by atoms with Gasteiger partial charge in [-0.1, -0.05) is 31.2 Å². The van der Waals surface area contributed by atoms with Crippen LogP contribution in [0.25, 0.3) is 0 Å². The number of carbonyl (C=O) groups is 1. The highest BCUT2D eigenvalue weighted by atomic mass is 16.2. The molecule has 1 saturated heterocycles. The zero-order chi connectivity index (χ0) is 15.1. The summed E-state index contributed by atoms with van der Waals surface area (Å²) in [5.41, 5.74) is 2.49. The molecule has 2 amide bonds. The summed E-state index contributed by atoms with van der Waals surface area (Å²) in [5, 5.41) is 5.57. The van der Waals surface area contributed by atoms with Gasteiger partial charge in [0.1, 0.15) is 0 Å². The van der Waals surface area contributed by atoms with Gasteiger partial charge >= 0.3 is 6.03 Å². The molecule has 0 aliphatic carbocycles. The quantitative estimate of drug-likeness (QED) is 0.875. The Morgan fingerprint density at radius 2 is 1.95 bits per heavy atom. The number of piperidine rings is 1. The maximum absolute atomic E-state index is 11.3. The molecule has 4 nitrogen and oxygen atoms in total. The zero-order valence-corrected chi connectivity index (χ0v) is 13.2. The summed E-state index contributed by atoms with van der Waals surface area (Å²) in [6, 6.07) is 8.45. The number of nitrogens with one attached hydrogen (secondary N) is 2. The summed E-state index contributed by atoms with van der Waals surface area (Å²) in [6.45, 7) is 8.93. The molecule has 0 bridgehead atoms. The number of carbonyl (C=O) groups excluding carboxylic acids is 1. The van der Waals surface area contributed by atoms with E-state index in [2.05, 4.69) is 46.7 Å². The second-order valence-corrected chi connectivity index (χ2v) is 6.01. The molecule has 2 rings (SSSR count). The summed E-state index contributed by atoms with van der Waals surface area (Å²) in [6.07, 6.45) is 2.68. The van der Waals surface area contributed by atoms with Crippen molar-refractivity contribution in [2.45, 2.75) is 39.8 Å². The minimum atomic E-state index is -0.108. The van der Waals surface area contributed by atoms with Crippen LogP contribution in [0.3, 0.4) is 0 Å². The van der Waals surface area contributed by atoms with Gasteiger partial charge in [0.15, 0.2) is 0 Å². The van der Waals surface area contributed by atoms with Crippen LogP contribution < -0.4 is 10.6 Å². The summed E-state index contributed by atoms with van der Waals surface area (Å²) >= 11 is 0. The number of nitrogens with zero attached hydrogens (tertiary/aromatic N) is 1. The van der Waals surface area contributed by atoms with Gasteiger partial charge in [-0.2, -0.15) is 0 Å². The Morgan fingerprint density at radius 3 is 2.62 bits per heavy atom. The molecule has 1 aliphatic rings. The predicted octanol–water partition coefficient (Wildman–Crippen LogP) is 2.74. The molecule has 1 atom stereocenters. The van der Waals surface area contributed by atoms with E-state index in [1.54, 1.807) is 0 Å². The molecule has 1 aliphatic heterocycles. The number of urea groups is 1. The average Bonchev–Trinajstić information content (AvgIpc) is 2.47. The van der Waals surface area contributed by atoms with Crippen molar-refractivity contribution in [3.63, 3.8) is 0 Å². The lowest BCUT2D eigenvalue weighted by Crippen LogP contribution is -2.34. The van der Waals surface area contributed by atoms with Crippen molar-refractivity contribution in [3.05, 3.63) is 35.4 Å². The number of rotatable bonds is 5. The maximum Gasteiger partial charge on any atom is 0.315 e. The molecule has 1 aromatic rings. The van der Waals surface area contributed by atoms with Gasteiger partial charge in [-0.15, -0.1) is 0 Å². The van der Waals surface area contributed by atoms with Crippen LogP contribution in [-0.2, 0) is 13.1 Å². The lowest BCUT2D eigenvalue weighted by atomic mass is 9.99. The van der Waals surface area contributed by atoms with Gasteiger partial charge in [0.25, 0.3) is 0 Å². The molecule has 1 unspecified atom stereocenters. The third-order valence-electron chi connectivity index (χ3n) is 3.96. The van der Waals surface area contributed by atoms with Crippen molar-refractivity contribution in [2.24, 2.45) is 5.92 Å². The average molecular weight is 289 g/mol. The van der Waals surface area contributed by atoms with E-state index >= 15 is 0 Å². The number of benzene rings is 1. The van der Waals surface area contributed by atoms with Crippen molar-refractivity contribution in [3.8, 4) is 0 Å². The number of hydrogen-bond donors (Lipinski definition) is 2. The first-order valence-electron chi connectivity index (χ1n) is 7.99. The van der Waals surface area contributed by atoms with Crippen LogP contribution in [0.2, 0.25) is 0 Å². The fourth-order valence-electron chi connectivity index (χ4n) is 2.86. The Balaban J connectivity index is 1.80. The molecule has 1 heterocycles. The number of amides is 2. The standard InChI is InChI=1S/C17H27N3O/c1-3-18-17(21)19-11-15-6-8-16(9-7-15)13-20-10-4-5-14(2)12-20/h6-9,14H,3-5,10-13H2,1-2H3,(H2,18,19,21). The molecule has 0 saturated carbocycles. The Labute approximate surface area is 127 Å². The highest BCUT2D eigenvalue weighted by Gasteiger charge is 2.15. The largest absolute Gasteiger partial charge is 0.338 e. The van der Waals surface area contributed by atoms with Crippen molar-refractivity contribution >= 4 is 6.03 Å². The molecule has 21 heavy (non-hydrogen) atoms. The summed E-state index contributed by atoms with van der Waals surface area (Å²) in [4.78, 5) is 13.9. The molecule has 0 spiro atoms. The van der Waals surface area contributed by atoms with Crippen molar-refractivity contribution in [1.29, 1.82) is 0 Å². The first-order chi connectivity index (χ1) is 10.2. The van der Waals surface area contributed by atoms with Gasteiger partial charge in [-0.25, -0.2) is 4.79 Å². The summed E-state index contributed by atoms with van der Waals surface area (Å²) < 4.78 is 0. The summed E-state index contributed by atoms with van der Waals surface area (Å²) in [7, 11) is 0. The second kappa shape index (κ2) is 8.03. The number of likely N-dealkylation sites (tertiary alicyclic amines) is 1. The first-order valence-corrected chi connectivity index (χ1v) is 7.99. The zero-order valence-electron chi connectivity index (χ0n) is 13.2. The van der Waals surface area contributed by atoms with Gasteiger partial charge in [0, 0.05) is 26.2 Å². The SMILES string of the molecule is CCNC(=O)NCc1ccc(CN2CCCC(C)C2)cc1. The molecule has 1 fully saturated rings.